The quantitative estimate of drug-likeness (QED) is 0.0891. The lowest BCUT2D eigenvalue weighted by molar-refractivity contribution is 0.0686. The van der Waals surface area contributed by atoms with Crippen LogP contribution in [0.1, 0.15) is 63.7 Å². The molecule has 4 N–H and O–H groups in total. The molecule has 8 aromatic rings. The Bertz CT molecular complexity index is 2630. The van der Waals surface area contributed by atoms with Gasteiger partial charge in [0.15, 0.2) is 0 Å². The summed E-state index contributed by atoms with van der Waals surface area (Å²) < 4.78 is 0. The number of carbonyl (C=O) groups is 4. The molecule has 8 rings (SSSR count). The van der Waals surface area contributed by atoms with Crippen LogP contribution in [0.3, 0.4) is 0 Å². The third-order valence-electron chi connectivity index (χ3n) is 10.7. The van der Waals surface area contributed by atoms with Crippen molar-refractivity contribution in [1.29, 1.82) is 0 Å². The summed E-state index contributed by atoms with van der Waals surface area (Å²) in [5, 5.41) is 42.4. The molecule has 0 saturated carbocycles. The fourth-order valence-electron chi connectivity index (χ4n) is 7.84. The van der Waals surface area contributed by atoms with Gasteiger partial charge in [0.25, 0.3) is 0 Å². The first-order valence-electron chi connectivity index (χ1n) is 19.6. The lowest BCUT2D eigenvalue weighted by Gasteiger charge is -2.26. The van der Waals surface area contributed by atoms with Gasteiger partial charge in [-0.2, -0.15) is 0 Å². The minimum atomic E-state index is -1.22. The predicted molar refractivity (Wildman–Crippen MR) is 240 cm³/mol. The molecule has 0 unspecified atom stereocenters. The summed E-state index contributed by atoms with van der Waals surface area (Å²) in [7, 11) is 0. The van der Waals surface area contributed by atoms with Crippen molar-refractivity contribution >= 4 is 35.0 Å². The molecule has 0 saturated heterocycles. The van der Waals surface area contributed by atoms with Gasteiger partial charge < -0.3 is 20.4 Å². The predicted octanol–water partition coefficient (Wildman–Crippen LogP) is 12.2. The Balaban J connectivity index is 1.73. The Morgan fingerprint density at radius 2 is 0.452 bits per heavy atom. The van der Waals surface area contributed by atoms with Crippen LogP contribution in [0.25, 0.3) is 55.7 Å². The zero-order valence-electron chi connectivity index (χ0n) is 32.9. The summed E-state index contributed by atoms with van der Waals surface area (Å²) in [4.78, 5) is 52.0. The van der Waals surface area contributed by atoms with Gasteiger partial charge in [0.05, 0.1) is 22.3 Å². The summed E-state index contributed by atoms with van der Waals surface area (Å²) in [5.74, 6) is -4.87. The number of hydrogen-bond donors (Lipinski definition) is 4. The van der Waals surface area contributed by atoms with E-state index < -0.39 is 23.9 Å². The van der Waals surface area contributed by atoms with E-state index in [-0.39, 0.29) is 22.3 Å². The van der Waals surface area contributed by atoms with Crippen molar-refractivity contribution in [2.24, 2.45) is 0 Å². The van der Waals surface area contributed by atoms with Crippen LogP contribution in [0.2, 0.25) is 0 Å². The molecular formula is C54H36O8. The first kappa shape index (κ1) is 40.2. The molecule has 0 atom stereocenters. The van der Waals surface area contributed by atoms with Crippen molar-refractivity contribution in [1.82, 2.24) is 0 Å². The Labute approximate surface area is 356 Å². The van der Waals surface area contributed by atoms with Crippen molar-refractivity contribution < 1.29 is 39.6 Å². The van der Waals surface area contributed by atoms with Crippen LogP contribution in [-0.4, -0.2) is 44.3 Å². The average Bonchev–Trinajstić information content (AvgIpc) is 3.31. The third-order valence-corrected chi connectivity index (χ3v) is 10.7. The molecule has 8 heteroatoms. The highest BCUT2D eigenvalue weighted by Gasteiger charge is 2.29. The molecule has 0 fully saturated rings. The molecular weight excluding hydrogens is 777 g/mol. The van der Waals surface area contributed by atoms with Gasteiger partial charge in [0, 0.05) is 0 Å². The largest absolute Gasteiger partial charge is 0.478 e. The van der Waals surface area contributed by atoms with E-state index in [0.717, 1.165) is 0 Å². The van der Waals surface area contributed by atoms with Crippen LogP contribution in [0.4, 0.5) is 0 Å². The Kier molecular flexibility index (Phi) is 11.2. The normalized spacial score (nSPS) is 10.8. The molecule has 0 aliphatic carbocycles. The van der Waals surface area contributed by atoms with E-state index in [9.17, 15) is 39.6 Å². The number of carboxylic acids is 4. The number of carboxylic acid groups (broad SMARTS) is 4. The molecule has 0 aromatic heterocycles. The van der Waals surface area contributed by atoms with Crippen LogP contribution in [0, 0.1) is 0 Å². The van der Waals surface area contributed by atoms with Crippen LogP contribution >= 0.6 is 0 Å². The summed E-state index contributed by atoms with van der Waals surface area (Å²) in [6, 6.07) is 56.2. The van der Waals surface area contributed by atoms with Crippen LogP contribution in [0.5, 0.6) is 0 Å². The van der Waals surface area contributed by atoms with Gasteiger partial charge in [-0.3, -0.25) is 0 Å². The summed E-state index contributed by atoms with van der Waals surface area (Å²) in [6.45, 7) is 0. The summed E-state index contributed by atoms with van der Waals surface area (Å²) >= 11 is 0. The Hall–Kier alpha value is -8.62. The standard InChI is InChI=1S/C54H36O8/c55-51(56)37-21-25-41(33-13-5-1-6-14-33)45(29-37)49(46-30-38(52(57)58)22-26-42(46)34-15-7-2-8-16-34)50(47-31-39(53(59)60)23-27-43(47)35-17-9-3-10-18-35)48-32-40(54(61)62)24-28-44(48)36-19-11-4-12-20-36/h1-32H,(H,55,56)(H,57,58)(H,59,60)(H,61,62). The lowest BCUT2D eigenvalue weighted by atomic mass is 9.76. The van der Waals surface area contributed by atoms with Gasteiger partial charge in [-0.25, -0.2) is 19.2 Å². The maximum Gasteiger partial charge on any atom is 0.335 e. The smallest absolute Gasteiger partial charge is 0.335 e. The highest BCUT2D eigenvalue weighted by atomic mass is 16.4. The maximum absolute atomic E-state index is 13.0. The highest BCUT2D eigenvalue weighted by molar-refractivity contribution is 6.15. The van der Waals surface area contributed by atoms with Crippen molar-refractivity contribution in [2.45, 2.75) is 0 Å². The molecule has 8 aromatic carbocycles. The van der Waals surface area contributed by atoms with Crippen LogP contribution < -0.4 is 0 Å². The summed E-state index contributed by atoms with van der Waals surface area (Å²) in [5.41, 5.74) is 6.96. The van der Waals surface area contributed by atoms with Crippen LogP contribution in [0.15, 0.2) is 194 Å². The molecule has 0 amide bonds. The highest BCUT2D eigenvalue weighted by Crippen LogP contribution is 2.48. The minimum Gasteiger partial charge on any atom is -0.478 e. The molecule has 8 nitrogen and oxygen atoms in total. The van der Waals surface area contributed by atoms with E-state index in [1.807, 2.05) is 121 Å². The van der Waals surface area contributed by atoms with E-state index in [1.54, 1.807) is 24.3 Å². The minimum absolute atomic E-state index is 0.0719. The first-order chi connectivity index (χ1) is 30.1. The molecule has 300 valence electrons. The second-order valence-electron chi connectivity index (χ2n) is 14.5. The number of benzene rings is 8. The van der Waals surface area contributed by atoms with Gasteiger partial charge in [-0.05, 0) is 126 Å². The SMILES string of the molecule is O=C(O)c1ccc(-c2ccccc2)c(C(=C(c2cc(C(=O)O)ccc2-c2ccccc2)c2cc(C(=O)O)ccc2-c2ccccc2)c2cc(C(=O)O)ccc2-c2ccccc2)c1. The Morgan fingerprint density at radius 1 is 0.258 bits per heavy atom. The second-order valence-corrected chi connectivity index (χ2v) is 14.5. The molecule has 0 aliphatic heterocycles. The number of rotatable bonds is 12. The molecule has 62 heavy (non-hydrogen) atoms. The Morgan fingerprint density at radius 3 is 0.629 bits per heavy atom. The van der Waals surface area contributed by atoms with E-state index in [1.165, 1.54) is 48.5 Å². The van der Waals surface area contributed by atoms with Crippen LogP contribution in [-0.2, 0) is 0 Å². The number of hydrogen-bond acceptors (Lipinski definition) is 4. The molecule has 0 aliphatic rings. The molecule has 0 heterocycles. The van der Waals surface area contributed by atoms with Gasteiger partial charge in [-0.1, -0.05) is 146 Å². The molecule has 0 radical (unpaired) electrons. The zero-order valence-corrected chi connectivity index (χ0v) is 32.9. The zero-order chi connectivity index (χ0) is 43.3. The van der Waals surface area contributed by atoms with E-state index in [2.05, 4.69) is 0 Å². The van der Waals surface area contributed by atoms with Gasteiger partial charge in [0.1, 0.15) is 0 Å². The summed E-state index contributed by atoms with van der Waals surface area (Å²) in [6.07, 6.45) is 0. The van der Waals surface area contributed by atoms with Crippen molar-refractivity contribution in [2.75, 3.05) is 0 Å². The van der Waals surface area contributed by atoms with E-state index in [0.29, 0.717) is 77.9 Å². The second kappa shape index (κ2) is 17.3. The fraction of sp³-hybridized carbons (Fsp3) is 0. The van der Waals surface area contributed by atoms with Gasteiger partial charge in [0.2, 0.25) is 0 Å². The van der Waals surface area contributed by atoms with Crippen molar-refractivity contribution in [3.63, 3.8) is 0 Å². The third kappa shape index (κ3) is 8.04. The van der Waals surface area contributed by atoms with Crippen molar-refractivity contribution in [3.05, 3.63) is 239 Å². The monoisotopic (exact) mass is 812 g/mol. The lowest BCUT2D eigenvalue weighted by Crippen LogP contribution is -2.08. The average molecular weight is 813 g/mol. The molecule has 0 bridgehead atoms. The number of aromatic carboxylic acids is 4. The topological polar surface area (TPSA) is 149 Å². The maximum atomic E-state index is 13.0. The first-order valence-corrected chi connectivity index (χ1v) is 19.6. The molecule has 0 spiro atoms. The fourth-order valence-corrected chi connectivity index (χ4v) is 7.84. The van der Waals surface area contributed by atoms with E-state index in [4.69, 9.17) is 0 Å². The van der Waals surface area contributed by atoms with Gasteiger partial charge in [-0.15, -0.1) is 0 Å². The van der Waals surface area contributed by atoms with Crippen molar-refractivity contribution in [3.8, 4) is 44.5 Å². The van der Waals surface area contributed by atoms with E-state index >= 15 is 0 Å². The van der Waals surface area contributed by atoms with Gasteiger partial charge >= 0.3 is 23.9 Å².